The highest BCUT2D eigenvalue weighted by Crippen LogP contribution is 2.29. The molecule has 10 heteroatoms. The number of esters is 1. The molecule has 0 aliphatic rings. The lowest BCUT2D eigenvalue weighted by atomic mass is 10.1. The van der Waals surface area contributed by atoms with Crippen LogP contribution in [0.4, 0.5) is 13.2 Å². The van der Waals surface area contributed by atoms with Gasteiger partial charge in [-0.1, -0.05) is 23.9 Å². The molecule has 148 valence electrons. The Morgan fingerprint density at radius 3 is 2.75 bits per heavy atom. The van der Waals surface area contributed by atoms with E-state index in [9.17, 15) is 18.0 Å². The lowest BCUT2D eigenvalue weighted by Crippen LogP contribution is -2.10. The maximum Gasteiger partial charge on any atom is 0.416 e. The van der Waals surface area contributed by atoms with Crippen molar-refractivity contribution in [2.24, 2.45) is 0 Å². The standard InChI is InChI=1S/C18H16F3N3O3S/c1-2-24-16(14-7-4-8-26-14)22-23-17(24)28-11-15(25)27-10-12-5-3-6-13(9-12)18(19,20)21/h3-9H,2,10-11H2,1H3. The number of benzene rings is 1. The summed E-state index contributed by atoms with van der Waals surface area (Å²) in [5, 5.41) is 8.65. The zero-order valence-corrected chi connectivity index (χ0v) is 15.6. The van der Waals surface area contributed by atoms with Gasteiger partial charge in [0.1, 0.15) is 6.61 Å². The number of carbonyl (C=O) groups is 1. The molecule has 3 aromatic rings. The monoisotopic (exact) mass is 411 g/mol. The molecule has 6 nitrogen and oxygen atoms in total. The molecular formula is C18H16F3N3O3S. The van der Waals surface area contributed by atoms with Crippen molar-refractivity contribution in [1.82, 2.24) is 14.8 Å². The second-order valence-corrected chi connectivity index (χ2v) is 6.62. The van der Waals surface area contributed by atoms with Crippen LogP contribution in [0, 0.1) is 0 Å². The minimum absolute atomic E-state index is 0.0464. The number of hydrogen-bond donors (Lipinski definition) is 0. The summed E-state index contributed by atoms with van der Waals surface area (Å²) in [6.07, 6.45) is -2.91. The number of alkyl halides is 3. The van der Waals surface area contributed by atoms with Crippen LogP contribution in [0.25, 0.3) is 11.6 Å². The molecule has 0 unspecified atom stereocenters. The number of nitrogens with zero attached hydrogens (tertiary/aromatic N) is 3. The molecule has 0 atom stereocenters. The number of hydrogen-bond acceptors (Lipinski definition) is 6. The first-order valence-corrected chi connectivity index (χ1v) is 9.28. The van der Waals surface area contributed by atoms with E-state index in [4.69, 9.17) is 9.15 Å². The second kappa shape index (κ2) is 8.51. The molecule has 2 heterocycles. The molecule has 0 saturated carbocycles. The van der Waals surface area contributed by atoms with Crippen LogP contribution in [0.15, 0.2) is 52.2 Å². The third-order valence-corrected chi connectivity index (χ3v) is 4.69. The summed E-state index contributed by atoms with van der Waals surface area (Å²) >= 11 is 1.13. The third-order valence-electron chi connectivity index (χ3n) is 3.75. The van der Waals surface area contributed by atoms with Crippen molar-refractivity contribution in [1.29, 1.82) is 0 Å². The van der Waals surface area contributed by atoms with Gasteiger partial charge in [0.05, 0.1) is 17.6 Å². The van der Waals surface area contributed by atoms with Crippen LogP contribution in [0.1, 0.15) is 18.1 Å². The SMILES string of the molecule is CCn1c(SCC(=O)OCc2cccc(C(F)(F)F)c2)nnc1-c1ccco1. The van der Waals surface area contributed by atoms with Crippen LogP contribution >= 0.6 is 11.8 Å². The van der Waals surface area contributed by atoms with Gasteiger partial charge in [-0.3, -0.25) is 9.36 Å². The van der Waals surface area contributed by atoms with Gasteiger partial charge in [-0.15, -0.1) is 10.2 Å². The summed E-state index contributed by atoms with van der Waals surface area (Å²) in [7, 11) is 0. The quantitative estimate of drug-likeness (QED) is 0.424. The molecule has 3 rings (SSSR count). The molecule has 2 aromatic heterocycles. The molecule has 0 spiro atoms. The Kier molecular flexibility index (Phi) is 6.08. The van der Waals surface area contributed by atoms with E-state index in [2.05, 4.69) is 10.2 Å². The van der Waals surface area contributed by atoms with Crippen molar-refractivity contribution >= 4 is 17.7 Å². The van der Waals surface area contributed by atoms with E-state index in [1.807, 2.05) is 6.92 Å². The number of furan rings is 1. The predicted molar refractivity (Wildman–Crippen MR) is 95.4 cm³/mol. The Hall–Kier alpha value is -2.75. The molecule has 0 aliphatic heterocycles. The van der Waals surface area contributed by atoms with Crippen molar-refractivity contribution < 1.29 is 27.1 Å². The smallest absolute Gasteiger partial charge is 0.416 e. The Balaban J connectivity index is 1.57. The Morgan fingerprint density at radius 1 is 1.25 bits per heavy atom. The van der Waals surface area contributed by atoms with E-state index in [1.165, 1.54) is 18.4 Å². The van der Waals surface area contributed by atoms with Gasteiger partial charge in [0, 0.05) is 6.54 Å². The fourth-order valence-electron chi connectivity index (χ4n) is 2.44. The molecule has 0 amide bonds. The van der Waals surface area contributed by atoms with E-state index in [-0.39, 0.29) is 17.9 Å². The van der Waals surface area contributed by atoms with Crippen LogP contribution in [-0.4, -0.2) is 26.5 Å². The number of ether oxygens (including phenoxy) is 1. The van der Waals surface area contributed by atoms with Crippen LogP contribution < -0.4 is 0 Å². The Labute approximate surface area is 162 Å². The largest absolute Gasteiger partial charge is 0.461 e. The van der Waals surface area contributed by atoms with Crippen LogP contribution in [0.2, 0.25) is 0 Å². The topological polar surface area (TPSA) is 70.2 Å². The van der Waals surface area contributed by atoms with Gasteiger partial charge in [0.25, 0.3) is 0 Å². The van der Waals surface area contributed by atoms with Crippen LogP contribution in [0.5, 0.6) is 0 Å². The zero-order chi connectivity index (χ0) is 20.1. The highest BCUT2D eigenvalue weighted by atomic mass is 32.2. The van der Waals surface area contributed by atoms with E-state index in [0.29, 0.717) is 23.3 Å². The number of halogens is 3. The summed E-state index contributed by atoms with van der Waals surface area (Å²) in [4.78, 5) is 12.0. The maximum absolute atomic E-state index is 12.7. The van der Waals surface area contributed by atoms with Crippen molar-refractivity contribution in [3.63, 3.8) is 0 Å². The minimum atomic E-state index is -4.44. The highest BCUT2D eigenvalue weighted by molar-refractivity contribution is 7.99. The first-order valence-electron chi connectivity index (χ1n) is 8.30. The lowest BCUT2D eigenvalue weighted by Gasteiger charge is -2.09. The summed E-state index contributed by atoms with van der Waals surface area (Å²) in [6.45, 7) is 2.25. The molecule has 0 radical (unpaired) electrons. The van der Waals surface area contributed by atoms with Gasteiger partial charge in [0.15, 0.2) is 16.7 Å². The van der Waals surface area contributed by atoms with E-state index < -0.39 is 17.7 Å². The first-order chi connectivity index (χ1) is 13.4. The zero-order valence-electron chi connectivity index (χ0n) is 14.8. The van der Waals surface area contributed by atoms with Crippen molar-refractivity contribution in [2.45, 2.75) is 31.4 Å². The molecule has 0 N–H and O–H groups in total. The number of aromatic nitrogens is 3. The molecule has 1 aromatic carbocycles. The van der Waals surface area contributed by atoms with E-state index in [1.54, 1.807) is 16.7 Å². The average molecular weight is 411 g/mol. The van der Waals surface area contributed by atoms with Crippen molar-refractivity contribution in [3.05, 3.63) is 53.8 Å². The summed E-state index contributed by atoms with van der Waals surface area (Å²) < 4.78 is 50.3. The molecule has 28 heavy (non-hydrogen) atoms. The summed E-state index contributed by atoms with van der Waals surface area (Å²) in [5.41, 5.74) is -0.512. The van der Waals surface area contributed by atoms with Gasteiger partial charge in [-0.2, -0.15) is 13.2 Å². The summed E-state index contributed by atoms with van der Waals surface area (Å²) in [5.74, 6) is 0.503. The third kappa shape index (κ3) is 4.75. The Bertz CT molecular complexity index is 939. The number of rotatable bonds is 7. The van der Waals surface area contributed by atoms with Gasteiger partial charge in [-0.25, -0.2) is 0 Å². The van der Waals surface area contributed by atoms with Gasteiger partial charge < -0.3 is 9.15 Å². The molecular weight excluding hydrogens is 395 g/mol. The minimum Gasteiger partial charge on any atom is -0.461 e. The van der Waals surface area contributed by atoms with E-state index >= 15 is 0 Å². The lowest BCUT2D eigenvalue weighted by molar-refractivity contribution is -0.141. The van der Waals surface area contributed by atoms with Gasteiger partial charge in [0.2, 0.25) is 0 Å². The molecule has 0 aliphatic carbocycles. The normalized spacial score (nSPS) is 11.6. The molecule has 0 bridgehead atoms. The second-order valence-electron chi connectivity index (χ2n) is 5.68. The fraction of sp³-hybridized carbons (Fsp3) is 0.278. The highest BCUT2D eigenvalue weighted by Gasteiger charge is 2.30. The van der Waals surface area contributed by atoms with Gasteiger partial charge in [-0.05, 0) is 36.8 Å². The number of thioether (sulfide) groups is 1. The van der Waals surface area contributed by atoms with Crippen molar-refractivity contribution in [3.8, 4) is 11.6 Å². The first kappa shape index (κ1) is 20.0. The van der Waals surface area contributed by atoms with Crippen LogP contribution in [-0.2, 0) is 28.9 Å². The maximum atomic E-state index is 12.7. The summed E-state index contributed by atoms with van der Waals surface area (Å²) in [6, 6.07) is 8.18. The van der Waals surface area contributed by atoms with Gasteiger partial charge >= 0.3 is 12.1 Å². The molecule has 0 saturated heterocycles. The Morgan fingerprint density at radius 2 is 2.07 bits per heavy atom. The van der Waals surface area contributed by atoms with Crippen molar-refractivity contribution in [2.75, 3.05) is 5.75 Å². The van der Waals surface area contributed by atoms with E-state index in [0.717, 1.165) is 23.9 Å². The fourth-order valence-corrected chi connectivity index (χ4v) is 3.24. The average Bonchev–Trinajstić information content (AvgIpc) is 3.33. The number of carbonyl (C=O) groups excluding carboxylic acids is 1. The van der Waals surface area contributed by atoms with Crippen LogP contribution in [0.3, 0.4) is 0 Å². The predicted octanol–water partition coefficient (Wildman–Crippen LogP) is 4.41. The molecule has 0 fully saturated rings.